The Bertz CT molecular complexity index is 304. The van der Waals surface area contributed by atoms with Crippen LogP contribution in [0.1, 0.15) is 12.2 Å². The van der Waals surface area contributed by atoms with Gasteiger partial charge in [-0.2, -0.15) is 0 Å². The van der Waals surface area contributed by atoms with Crippen molar-refractivity contribution in [1.29, 1.82) is 0 Å². The maximum Gasteiger partial charge on any atom is 0.117 e. The lowest BCUT2D eigenvalue weighted by atomic mass is 9.88. The minimum Gasteiger partial charge on any atom is -0.468 e. The van der Waals surface area contributed by atoms with Gasteiger partial charge in [-0.25, -0.2) is 0 Å². The Morgan fingerprint density at radius 3 is 3.00 bits per heavy atom. The first-order valence-electron chi connectivity index (χ1n) is 5.64. The molecule has 1 N–H and O–H groups in total. The summed E-state index contributed by atoms with van der Waals surface area (Å²) >= 11 is 0. The summed E-state index contributed by atoms with van der Waals surface area (Å²) < 4.78 is 10.7. The number of hydrogen-bond acceptors (Lipinski definition) is 4. The Labute approximate surface area is 95.8 Å². The molecule has 16 heavy (non-hydrogen) atoms. The minimum absolute atomic E-state index is 0.0820. The third kappa shape index (κ3) is 2.64. The summed E-state index contributed by atoms with van der Waals surface area (Å²) in [5.74, 6) is 0.953. The summed E-state index contributed by atoms with van der Waals surface area (Å²) in [5.41, 5.74) is -0.0820. The van der Waals surface area contributed by atoms with Gasteiger partial charge in [0.2, 0.25) is 0 Å². The zero-order valence-corrected chi connectivity index (χ0v) is 9.69. The summed E-state index contributed by atoms with van der Waals surface area (Å²) in [7, 11) is 2.04. The minimum atomic E-state index is -0.0820. The fourth-order valence-corrected chi connectivity index (χ4v) is 2.25. The van der Waals surface area contributed by atoms with Crippen LogP contribution in [-0.4, -0.2) is 43.4 Å². The number of aliphatic hydroxyl groups excluding tert-OH is 1. The van der Waals surface area contributed by atoms with Gasteiger partial charge in [-0.05, 0) is 25.6 Å². The Balaban J connectivity index is 1.88. The molecule has 2 heterocycles. The summed E-state index contributed by atoms with van der Waals surface area (Å²) in [5, 5.41) is 9.46. The zero-order chi connectivity index (χ0) is 11.4. The average molecular weight is 225 g/mol. The van der Waals surface area contributed by atoms with Gasteiger partial charge in [0.1, 0.15) is 5.76 Å². The van der Waals surface area contributed by atoms with Crippen LogP contribution in [0.15, 0.2) is 22.8 Å². The number of rotatable bonds is 5. The van der Waals surface area contributed by atoms with E-state index in [0.29, 0.717) is 6.61 Å². The van der Waals surface area contributed by atoms with Crippen LogP contribution in [0.3, 0.4) is 0 Å². The van der Waals surface area contributed by atoms with Crippen molar-refractivity contribution in [3.8, 4) is 0 Å². The molecule has 1 unspecified atom stereocenters. The van der Waals surface area contributed by atoms with Gasteiger partial charge in [0, 0.05) is 18.6 Å². The molecule has 0 amide bonds. The lowest BCUT2D eigenvalue weighted by Crippen LogP contribution is -2.38. The molecule has 1 fully saturated rings. The lowest BCUT2D eigenvalue weighted by molar-refractivity contribution is 0.0607. The number of aliphatic hydroxyl groups is 1. The molecule has 1 atom stereocenters. The SMILES string of the molecule is CN(Cc1ccco1)CC1(CO)CCOC1. The van der Waals surface area contributed by atoms with Crippen molar-refractivity contribution in [2.75, 3.05) is 33.4 Å². The van der Waals surface area contributed by atoms with Crippen LogP contribution >= 0.6 is 0 Å². The third-order valence-corrected chi connectivity index (χ3v) is 3.13. The van der Waals surface area contributed by atoms with Crippen LogP contribution in [0, 0.1) is 5.41 Å². The number of furan rings is 1. The molecule has 0 saturated carbocycles. The van der Waals surface area contributed by atoms with E-state index in [2.05, 4.69) is 4.90 Å². The van der Waals surface area contributed by atoms with Crippen molar-refractivity contribution in [3.05, 3.63) is 24.2 Å². The van der Waals surface area contributed by atoms with Crippen molar-refractivity contribution in [2.45, 2.75) is 13.0 Å². The van der Waals surface area contributed by atoms with Gasteiger partial charge in [0.25, 0.3) is 0 Å². The van der Waals surface area contributed by atoms with Gasteiger partial charge in [0.05, 0.1) is 26.0 Å². The number of hydrogen-bond donors (Lipinski definition) is 1. The van der Waals surface area contributed by atoms with E-state index in [1.165, 1.54) is 0 Å². The number of nitrogens with zero attached hydrogens (tertiary/aromatic N) is 1. The summed E-state index contributed by atoms with van der Waals surface area (Å²) in [4.78, 5) is 2.17. The van der Waals surface area contributed by atoms with Crippen LogP contribution in [0.25, 0.3) is 0 Å². The first-order chi connectivity index (χ1) is 7.74. The molecular formula is C12H19NO3. The monoisotopic (exact) mass is 225 g/mol. The van der Waals surface area contributed by atoms with E-state index in [1.807, 2.05) is 19.2 Å². The Hall–Kier alpha value is -0.840. The van der Waals surface area contributed by atoms with Crippen LogP contribution < -0.4 is 0 Å². The van der Waals surface area contributed by atoms with E-state index in [-0.39, 0.29) is 12.0 Å². The van der Waals surface area contributed by atoms with E-state index < -0.39 is 0 Å². The molecule has 0 aromatic carbocycles. The normalized spacial score (nSPS) is 25.4. The predicted octanol–water partition coefficient (Wildman–Crippen LogP) is 1.11. The second-order valence-electron chi connectivity index (χ2n) is 4.71. The molecule has 0 spiro atoms. The Morgan fingerprint density at radius 2 is 2.44 bits per heavy atom. The van der Waals surface area contributed by atoms with Crippen molar-refractivity contribution < 1.29 is 14.3 Å². The van der Waals surface area contributed by atoms with Gasteiger partial charge in [-0.1, -0.05) is 0 Å². The Morgan fingerprint density at radius 1 is 1.56 bits per heavy atom. The lowest BCUT2D eigenvalue weighted by Gasteiger charge is -2.29. The number of ether oxygens (including phenoxy) is 1. The maximum absolute atomic E-state index is 9.46. The quantitative estimate of drug-likeness (QED) is 0.815. The fraction of sp³-hybridized carbons (Fsp3) is 0.667. The van der Waals surface area contributed by atoms with Crippen molar-refractivity contribution in [1.82, 2.24) is 4.90 Å². The second-order valence-corrected chi connectivity index (χ2v) is 4.71. The van der Waals surface area contributed by atoms with E-state index in [0.717, 1.165) is 31.9 Å². The standard InChI is InChI=1S/C12H19NO3/c1-13(7-11-3-2-5-16-11)8-12(9-14)4-6-15-10-12/h2-3,5,14H,4,6-10H2,1H3. The van der Waals surface area contributed by atoms with E-state index in [4.69, 9.17) is 9.15 Å². The van der Waals surface area contributed by atoms with Crippen molar-refractivity contribution in [2.24, 2.45) is 5.41 Å². The molecule has 0 radical (unpaired) electrons. The third-order valence-electron chi connectivity index (χ3n) is 3.13. The van der Waals surface area contributed by atoms with Crippen LogP contribution in [0.5, 0.6) is 0 Å². The van der Waals surface area contributed by atoms with E-state index in [1.54, 1.807) is 6.26 Å². The van der Waals surface area contributed by atoms with Gasteiger partial charge in [-0.3, -0.25) is 4.90 Å². The molecule has 1 saturated heterocycles. The van der Waals surface area contributed by atoms with Gasteiger partial charge < -0.3 is 14.3 Å². The molecule has 2 rings (SSSR count). The van der Waals surface area contributed by atoms with Gasteiger partial charge in [0.15, 0.2) is 0 Å². The molecule has 4 heteroatoms. The van der Waals surface area contributed by atoms with Crippen LogP contribution in [0.4, 0.5) is 0 Å². The zero-order valence-electron chi connectivity index (χ0n) is 9.69. The van der Waals surface area contributed by atoms with Gasteiger partial charge in [-0.15, -0.1) is 0 Å². The van der Waals surface area contributed by atoms with E-state index >= 15 is 0 Å². The molecule has 4 nitrogen and oxygen atoms in total. The molecule has 1 aromatic heterocycles. The van der Waals surface area contributed by atoms with E-state index in [9.17, 15) is 5.11 Å². The second kappa shape index (κ2) is 4.99. The molecule has 0 aliphatic carbocycles. The molecule has 1 aliphatic heterocycles. The first kappa shape index (κ1) is 11.6. The molecular weight excluding hydrogens is 206 g/mol. The van der Waals surface area contributed by atoms with Crippen LogP contribution in [-0.2, 0) is 11.3 Å². The Kier molecular flexibility index (Phi) is 3.63. The first-order valence-corrected chi connectivity index (χ1v) is 5.64. The summed E-state index contributed by atoms with van der Waals surface area (Å²) in [6.07, 6.45) is 2.62. The van der Waals surface area contributed by atoms with Crippen molar-refractivity contribution in [3.63, 3.8) is 0 Å². The average Bonchev–Trinajstić information content (AvgIpc) is 2.90. The van der Waals surface area contributed by atoms with Crippen molar-refractivity contribution >= 4 is 0 Å². The molecule has 1 aromatic rings. The summed E-state index contributed by atoms with van der Waals surface area (Å²) in [6, 6.07) is 3.86. The topological polar surface area (TPSA) is 45.8 Å². The predicted molar refractivity (Wildman–Crippen MR) is 60.0 cm³/mol. The highest BCUT2D eigenvalue weighted by Crippen LogP contribution is 2.29. The fourth-order valence-electron chi connectivity index (χ4n) is 2.25. The highest BCUT2D eigenvalue weighted by molar-refractivity contribution is 4.98. The largest absolute Gasteiger partial charge is 0.468 e. The summed E-state index contributed by atoms with van der Waals surface area (Å²) in [6.45, 7) is 3.22. The highest BCUT2D eigenvalue weighted by Gasteiger charge is 2.35. The molecule has 1 aliphatic rings. The smallest absolute Gasteiger partial charge is 0.117 e. The molecule has 90 valence electrons. The van der Waals surface area contributed by atoms with Gasteiger partial charge >= 0.3 is 0 Å². The maximum atomic E-state index is 9.46. The highest BCUT2D eigenvalue weighted by atomic mass is 16.5. The molecule has 0 bridgehead atoms. The van der Waals surface area contributed by atoms with Crippen LogP contribution in [0.2, 0.25) is 0 Å².